The van der Waals surface area contributed by atoms with Crippen LogP contribution < -0.4 is 15.2 Å². The fourth-order valence-electron chi connectivity index (χ4n) is 4.03. The van der Waals surface area contributed by atoms with Crippen molar-refractivity contribution >= 4 is 35.6 Å². The molecule has 0 amide bonds. The van der Waals surface area contributed by atoms with E-state index in [2.05, 4.69) is 30.1 Å². The monoisotopic (exact) mass is 608 g/mol. The van der Waals surface area contributed by atoms with Crippen LogP contribution in [-0.2, 0) is 30.6 Å². The number of azide groups is 1. The second-order valence-corrected chi connectivity index (χ2v) is 12.6. The summed E-state index contributed by atoms with van der Waals surface area (Å²) in [6.07, 6.45) is -4.08. The number of carbonyl (C=O) groups is 1. The van der Waals surface area contributed by atoms with Gasteiger partial charge in [-0.1, -0.05) is 23.3 Å². The molecule has 0 bridgehead atoms. The SMILES string of the molecule is Cc1nc2c(ncn2[C@@H]2O[C@@](COP(=S)(NC(C)C(=O)OC(C)C)Oc3ccccc3)(N=[N+]=[N-])[C@@H](O)[C@H]2O)c(=O)[nH]1. The highest BCUT2D eigenvalue weighted by Gasteiger charge is 2.56. The molecule has 0 radical (unpaired) electrons. The van der Waals surface area contributed by atoms with Crippen molar-refractivity contribution in [2.45, 2.75) is 64.0 Å². The number of imidazole rings is 1. The lowest BCUT2D eigenvalue weighted by Gasteiger charge is -2.31. The van der Waals surface area contributed by atoms with E-state index in [1.165, 1.54) is 17.8 Å². The summed E-state index contributed by atoms with van der Waals surface area (Å²) >= 11 is 5.68. The van der Waals surface area contributed by atoms with Crippen molar-refractivity contribution in [3.05, 3.63) is 63.3 Å². The number of fused-ring (bicyclic) bond motifs is 1. The average molecular weight is 609 g/mol. The largest absolute Gasteiger partial charge is 0.462 e. The van der Waals surface area contributed by atoms with Gasteiger partial charge in [-0.15, -0.1) is 0 Å². The number of carbonyl (C=O) groups excluding carboxylic acids is 1. The number of ether oxygens (including phenoxy) is 2. The predicted octanol–water partition coefficient (Wildman–Crippen LogP) is 1.94. The van der Waals surface area contributed by atoms with E-state index in [-0.39, 0.29) is 23.1 Å². The standard InChI is InChI=1S/C23H29N8O8PS/c1-12(2)37-22(35)13(3)28-40(41,39-15-8-6-5-7-9-15)36-10-23(29-30-24)18(33)17(32)21(38-23)31-11-25-16-19(31)26-14(4)27-20(16)34/h5-9,11-13,17-18,21,32-33H,10H2,1-4H3,(H,28,41)(H,26,27,34)/t13?,17-,18+,21-,23-,40?/m1/s1. The van der Waals surface area contributed by atoms with Crippen molar-refractivity contribution in [3.63, 3.8) is 0 Å². The molecule has 1 saturated heterocycles. The molecule has 3 aromatic rings. The third kappa shape index (κ3) is 6.58. The maximum Gasteiger partial charge on any atom is 0.323 e. The first kappa shape index (κ1) is 30.6. The Kier molecular flexibility index (Phi) is 9.11. The molecule has 18 heteroatoms. The number of H-pyrrole nitrogens is 1. The molecule has 0 saturated carbocycles. The number of para-hydroxylation sites is 1. The number of aryl methyl sites for hydroxylation is 1. The Labute approximate surface area is 238 Å². The van der Waals surface area contributed by atoms with E-state index >= 15 is 0 Å². The van der Waals surface area contributed by atoms with Gasteiger partial charge in [0.25, 0.3) is 5.56 Å². The zero-order valence-corrected chi connectivity index (χ0v) is 24.2. The van der Waals surface area contributed by atoms with Gasteiger partial charge in [0.15, 0.2) is 17.4 Å². The number of aromatic nitrogens is 4. The van der Waals surface area contributed by atoms with Crippen molar-refractivity contribution in [3.8, 4) is 5.75 Å². The number of esters is 1. The van der Waals surface area contributed by atoms with Gasteiger partial charge in [0.1, 0.15) is 29.8 Å². The minimum atomic E-state index is -3.64. The quantitative estimate of drug-likeness (QED) is 0.0807. The van der Waals surface area contributed by atoms with Crippen LogP contribution in [0, 0.1) is 6.92 Å². The van der Waals surface area contributed by atoms with Crippen LogP contribution in [0.2, 0.25) is 0 Å². The third-order valence-corrected chi connectivity index (χ3v) is 8.39. The fourth-order valence-corrected chi connectivity index (χ4v) is 6.44. The zero-order valence-electron chi connectivity index (χ0n) is 22.4. The molecule has 1 aromatic carbocycles. The summed E-state index contributed by atoms with van der Waals surface area (Å²) in [4.78, 5) is 38.4. The third-order valence-electron chi connectivity index (χ3n) is 5.91. The molecule has 0 aliphatic carbocycles. The molecule has 0 spiro atoms. The number of rotatable bonds is 11. The highest BCUT2D eigenvalue weighted by atomic mass is 32.5. The van der Waals surface area contributed by atoms with Crippen LogP contribution in [0.5, 0.6) is 5.75 Å². The maximum atomic E-state index is 12.5. The summed E-state index contributed by atoms with van der Waals surface area (Å²) in [5.74, 6) is -0.0264. The smallest absolute Gasteiger partial charge is 0.323 e. The molecule has 2 unspecified atom stereocenters. The lowest BCUT2D eigenvalue weighted by Crippen LogP contribution is -2.45. The first-order valence-corrected chi connectivity index (χ1v) is 15.0. The van der Waals surface area contributed by atoms with Crippen LogP contribution >= 0.6 is 6.64 Å². The number of benzene rings is 1. The Morgan fingerprint density at radius 2 is 2.07 bits per heavy atom. The predicted molar refractivity (Wildman–Crippen MR) is 148 cm³/mol. The van der Waals surface area contributed by atoms with Gasteiger partial charge in [0.2, 0.25) is 5.72 Å². The summed E-state index contributed by atoms with van der Waals surface area (Å²) in [6.45, 7) is 2.11. The zero-order chi connectivity index (χ0) is 29.9. The molecule has 220 valence electrons. The van der Waals surface area contributed by atoms with E-state index in [9.17, 15) is 25.3 Å². The molecule has 3 heterocycles. The second kappa shape index (κ2) is 12.2. The van der Waals surface area contributed by atoms with Gasteiger partial charge in [-0.2, -0.15) is 0 Å². The van der Waals surface area contributed by atoms with Gasteiger partial charge in [0, 0.05) is 4.91 Å². The van der Waals surface area contributed by atoms with E-state index < -0.39 is 55.0 Å². The minimum absolute atomic E-state index is 0.0309. The number of hydrogen-bond acceptors (Lipinski definition) is 12. The molecule has 6 atom stereocenters. The Morgan fingerprint density at radius 1 is 1.37 bits per heavy atom. The van der Waals surface area contributed by atoms with Gasteiger partial charge in [-0.25, -0.2) is 15.1 Å². The van der Waals surface area contributed by atoms with Crippen LogP contribution in [0.4, 0.5) is 0 Å². The highest BCUT2D eigenvalue weighted by Crippen LogP contribution is 2.48. The van der Waals surface area contributed by atoms with Crippen molar-refractivity contribution in [2.24, 2.45) is 5.11 Å². The lowest BCUT2D eigenvalue weighted by atomic mass is 10.1. The molecular formula is C23H29N8O8PS. The van der Waals surface area contributed by atoms with E-state index in [0.29, 0.717) is 5.75 Å². The molecule has 16 nitrogen and oxygen atoms in total. The summed E-state index contributed by atoms with van der Waals surface area (Å²) in [5.41, 5.74) is 6.66. The highest BCUT2D eigenvalue weighted by molar-refractivity contribution is 8.09. The molecule has 1 aliphatic rings. The van der Waals surface area contributed by atoms with Crippen molar-refractivity contribution in [1.82, 2.24) is 24.6 Å². The minimum Gasteiger partial charge on any atom is -0.462 e. The number of nitrogens with zero attached hydrogens (tertiary/aromatic N) is 6. The number of nitrogens with one attached hydrogen (secondary N) is 2. The number of aromatic amines is 1. The molecule has 2 aromatic heterocycles. The molecule has 1 fully saturated rings. The van der Waals surface area contributed by atoms with Crippen LogP contribution in [0.1, 0.15) is 32.8 Å². The first-order valence-electron chi connectivity index (χ1n) is 12.4. The topological polar surface area (TPSA) is 219 Å². The van der Waals surface area contributed by atoms with Gasteiger partial charge in [-0.05, 0) is 57.2 Å². The van der Waals surface area contributed by atoms with E-state index in [0.717, 1.165) is 0 Å². The molecule has 41 heavy (non-hydrogen) atoms. The Balaban J connectivity index is 1.64. The molecule has 4 N–H and O–H groups in total. The summed E-state index contributed by atoms with van der Waals surface area (Å²) in [5, 5.41) is 28.5. The van der Waals surface area contributed by atoms with Crippen LogP contribution in [-0.4, -0.2) is 72.4 Å². The number of aliphatic hydroxyl groups is 2. The van der Waals surface area contributed by atoms with E-state index in [4.69, 9.17) is 30.3 Å². The number of aliphatic hydroxyl groups excluding tert-OH is 2. The number of hydrogen-bond donors (Lipinski definition) is 4. The summed E-state index contributed by atoms with van der Waals surface area (Å²) in [6, 6.07) is 7.43. The van der Waals surface area contributed by atoms with Gasteiger partial charge in [-0.3, -0.25) is 14.2 Å². The van der Waals surface area contributed by atoms with Crippen LogP contribution in [0.3, 0.4) is 0 Å². The fraction of sp³-hybridized carbons (Fsp3) is 0.478. The van der Waals surface area contributed by atoms with Crippen LogP contribution in [0.15, 0.2) is 46.6 Å². The molecular weight excluding hydrogens is 579 g/mol. The Morgan fingerprint density at radius 3 is 2.73 bits per heavy atom. The summed E-state index contributed by atoms with van der Waals surface area (Å²) < 4.78 is 24.3. The molecule has 4 rings (SSSR count). The van der Waals surface area contributed by atoms with E-state index in [1.54, 1.807) is 51.1 Å². The van der Waals surface area contributed by atoms with Gasteiger partial charge >= 0.3 is 12.6 Å². The van der Waals surface area contributed by atoms with Crippen molar-refractivity contribution in [1.29, 1.82) is 0 Å². The normalized spacial score (nSPS) is 24.5. The van der Waals surface area contributed by atoms with E-state index in [1.807, 2.05) is 0 Å². The van der Waals surface area contributed by atoms with Crippen molar-refractivity contribution in [2.75, 3.05) is 6.61 Å². The Bertz CT molecular complexity index is 1560. The second-order valence-electron chi connectivity index (χ2n) is 9.47. The first-order chi connectivity index (χ1) is 19.4. The van der Waals surface area contributed by atoms with Gasteiger partial charge in [0.05, 0.1) is 19.0 Å². The summed E-state index contributed by atoms with van der Waals surface area (Å²) in [7, 11) is 0. The molecule has 1 aliphatic heterocycles. The maximum absolute atomic E-state index is 12.5. The van der Waals surface area contributed by atoms with Crippen LogP contribution in [0.25, 0.3) is 21.6 Å². The Hall–Kier alpha value is -3.40. The van der Waals surface area contributed by atoms with Gasteiger partial charge < -0.3 is 33.7 Å². The van der Waals surface area contributed by atoms with Crippen molar-refractivity contribution < 1.29 is 33.5 Å². The average Bonchev–Trinajstić information content (AvgIpc) is 3.43. The lowest BCUT2D eigenvalue weighted by molar-refractivity contribution is -0.149.